The monoisotopic (exact) mass is 319 g/mol. The number of nitrogens with one attached hydrogen (secondary N) is 1. The molecule has 0 spiro atoms. The number of benzene rings is 1. The fourth-order valence-electron chi connectivity index (χ4n) is 1.58. The molecule has 0 aromatic heterocycles. The first-order valence-electron chi connectivity index (χ1n) is 5.59. The summed E-state index contributed by atoms with van der Waals surface area (Å²) < 4.78 is 13.9. The Labute approximate surface area is 113 Å². The maximum absolute atomic E-state index is 13.9. The largest absolute Gasteiger partial charge is 0.478 e. The number of hydrogen-bond acceptors (Lipinski definition) is 3. The molecule has 1 unspecified atom stereocenters. The smallest absolute Gasteiger partial charge is 0.336 e. The molecule has 0 saturated heterocycles. The average Bonchev–Trinajstić information content (AvgIpc) is 2.33. The first-order chi connectivity index (χ1) is 8.51. The molecule has 0 heterocycles. The van der Waals surface area contributed by atoms with E-state index in [0.29, 0.717) is 6.42 Å². The lowest BCUT2D eigenvalue weighted by Crippen LogP contribution is -2.20. The van der Waals surface area contributed by atoms with Crippen LogP contribution >= 0.6 is 15.9 Å². The molecule has 4 nitrogen and oxygen atoms in total. The molecule has 1 aromatic carbocycles. The van der Waals surface area contributed by atoms with Gasteiger partial charge in [-0.15, -0.1) is 0 Å². The van der Waals surface area contributed by atoms with Gasteiger partial charge in [-0.2, -0.15) is 0 Å². The summed E-state index contributed by atoms with van der Waals surface area (Å²) in [7, 11) is 0. The van der Waals surface area contributed by atoms with E-state index in [1.165, 1.54) is 12.1 Å². The highest BCUT2D eigenvalue weighted by Crippen LogP contribution is 2.28. The van der Waals surface area contributed by atoms with E-state index < -0.39 is 11.8 Å². The van der Waals surface area contributed by atoms with Crippen LogP contribution in [-0.4, -0.2) is 28.8 Å². The lowest BCUT2D eigenvalue weighted by atomic mass is 10.1. The average molecular weight is 320 g/mol. The lowest BCUT2D eigenvalue weighted by Gasteiger charge is -2.18. The Morgan fingerprint density at radius 1 is 1.56 bits per heavy atom. The second kappa shape index (κ2) is 6.70. The molecule has 100 valence electrons. The number of hydrogen-bond donors (Lipinski definition) is 3. The van der Waals surface area contributed by atoms with Crippen LogP contribution < -0.4 is 5.32 Å². The Morgan fingerprint density at radius 2 is 2.22 bits per heavy atom. The lowest BCUT2D eigenvalue weighted by molar-refractivity contribution is 0.0695. The molecule has 0 radical (unpaired) electrons. The van der Waals surface area contributed by atoms with Gasteiger partial charge in [-0.25, -0.2) is 9.18 Å². The Balaban J connectivity index is 2.98. The van der Waals surface area contributed by atoms with Gasteiger partial charge in [0.25, 0.3) is 0 Å². The molecule has 0 bridgehead atoms. The van der Waals surface area contributed by atoms with Crippen molar-refractivity contribution in [3.63, 3.8) is 0 Å². The van der Waals surface area contributed by atoms with E-state index >= 15 is 0 Å². The summed E-state index contributed by atoms with van der Waals surface area (Å²) in [4.78, 5) is 10.8. The van der Waals surface area contributed by atoms with E-state index in [-0.39, 0.29) is 28.4 Å². The summed E-state index contributed by atoms with van der Waals surface area (Å²) >= 11 is 2.94. The summed E-state index contributed by atoms with van der Waals surface area (Å²) in [5, 5.41) is 20.7. The highest BCUT2D eigenvalue weighted by atomic mass is 79.9. The van der Waals surface area contributed by atoms with Crippen LogP contribution in [0, 0.1) is 5.82 Å². The molecule has 0 aliphatic carbocycles. The zero-order chi connectivity index (χ0) is 13.7. The minimum absolute atomic E-state index is 0.0154. The molecular weight excluding hydrogens is 305 g/mol. The summed E-state index contributed by atoms with van der Waals surface area (Å²) in [5.74, 6) is -1.82. The minimum Gasteiger partial charge on any atom is -0.478 e. The molecule has 0 saturated carbocycles. The van der Waals surface area contributed by atoms with Crippen LogP contribution in [0.1, 0.15) is 30.1 Å². The van der Waals surface area contributed by atoms with Gasteiger partial charge in [0.1, 0.15) is 0 Å². The molecule has 6 heteroatoms. The molecule has 0 aliphatic rings. The van der Waals surface area contributed by atoms with Crippen molar-refractivity contribution < 1.29 is 19.4 Å². The highest BCUT2D eigenvalue weighted by molar-refractivity contribution is 9.10. The number of carboxylic acid groups (broad SMARTS) is 1. The molecule has 1 aromatic rings. The molecule has 0 aliphatic heterocycles. The first kappa shape index (κ1) is 14.9. The fraction of sp³-hybridized carbons (Fsp3) is 0.417. The summed E-state index contributed by atoms with van der Waals surface area (Å²) in [6, 6.07) is 2.68. The number of carbonyl (C=O) groups is 1. The van der Waals surface area contributed by atoms with Crippen LogP contribution in [0.15, 0.2) is 16.6 Å². The standard InChI is InChI=1S/C12H15BrFNO3/c1-2-7(5-6-16)15-9-4-3-8(12(17)18)10(13)11(9)14/h3-4,7,15-16H,2,5-6H2,1H3,(H,17,18). The van der Waals surface area contributed by atoms with Crippen LogP contribution in [0.3, 0.4) is 0 Å². The number of aliphatic hydroxyl groups is 1. The van der Waals surface area contributed by atoms with Crippen molar-refractivity contribution in [2.75, 3.05) is 11.9 Å². The van der Waals surface area contributed by atoms with Gasteiger partial charge < -0.3 is 15.5 Å². The van der Waals surface area contributed by atoms with Crippen molar-refractivity contribution in [3.05, 3.63) is 28.0 Å². The van der Waals surface area contributed by atoms with Crippen molar-refractivity contribution in [1.29, 1.82) is 0 Å². The van der Waals surface area contributed by atoms with Crippen molar-refractivity contribution >= 4 is 27.6 Å². The topological polar surface area (TPSA) is 69.6 Å². The maximum atomic E-state index is 13.9. The van der Waals surface area contributed by atoms with Crippen LogP contribution in [-0.2, 0) is 0 Å². The van der Waals surface area contributed by atoms with Gasteiger partial charge >= 0.3 is 5.97 Å². The molecular formula is C12H15BrFNO3. The van der Waals surface area contributed by atoms with E-state index in [1.807, 2.05) is 6.92 Å². The fourth-order valence-corrected chi connectivity index (χ4v) is 2.10. The zero-order valence-corrected chi connectivity index (χ0v) is 11.5. The number of anilines is 1. The third kappa shape index (κ3) is 3.43. The molecule has 0 fully saturated rings. The normalized spacial score (nSPS) is 12.2. The van der Waals surface area contributed by atoms with Crippen LogP contribution in [0.4, 0.5) is 10.1 Å². The third-order valence-corrected chi connectivity index (χ3v) is 3.42. The summed E-state index contributed by atoms with van der Waals surface area (Å²) in [6.07, 6.45) is 1.24. The van der Waals surface area contributed by atoms with Gasteiger partial charge in [0.2, 0.25) is 0 Å². The number of rotatable bonds is 6. The van der Waals surface area contributed by atoms with Gasteiger partial charge in [0.15, 0.2) is 5.82 Å². The summed E-state index contributed by atoms with van der Waals surface area (Å²) in [6.45, 7) is 1.94. The SMILES string of the molecule is CCC(CCO)Nc1ccc(C(=O)O)c(Br)c1F. The number of carboxylic acids is 1. The van der Waals surface area contributed by atoms with Crippen LogP contribution in [0.5, 0.6) is 0 Å². The molecule has 0 amide bonds. The van der Waals surface area contributed by atoms with E-state index in [0.717, 1.165) is 6.42 Å². The van der Waals surface area contributed by atoms with E-state index in [1.54, 1.807) is 0 Å². The Hall–Kier alpha value is -1.14. The number of aromatic carboxylic acids is 1. The van der Waals surface area contributed by atoms with Crippen LogP contribution in [0.25, 0.3) is 0 Å². The van der Waals surface area contributed by atoms with Crippen molar-refractivity contribution in [2.24, 2.45) is 0 Å². The quantitative estimate of drug-likeness (QED) is 0.754. The van der Waals surface area contributed by atoms with E-state index in [4.69, 9.17) is 10.2 Å². The van der Waals surface area contributed by atoms with Gasteiger partial charge in [0.05, 0.1) is 15.7 Å². The van der Waals surface area contributed by atoms with Gasteiger partial charge in [0, 0.05) is 12.6 Å². The van der Waals surface area contributed by atoms with Crippen LogP contribution in [0.2, 0.25) is 0 Å². The Morgan fingerprint density at radius 3 is 2.72 bits per heavy atom. The second-order valence-corrected chi connectivity index (χ2v) is 4.65. The highest BCUT2D eigenvalue weighted by Gasteiger charge is 2.17. The van der Waals surface area contributed by atoms with E-state index in [9.17, 15) is 9.18 Å². The van der Waals surface area contributed by atoms with Crippen molar-refractivity contribution in [1.82, 2.24) is 0 Å². The maximum Gasteiger partial charge on any atom is 0.336 e. The molecule has 3 N–H and O–H groups in total. The van der Waals surface area contributed by atoms with Gasteiger partial charge in [-0.3, -0.25) is 0 Å². The summed E-state index contributed by atoms with van der Waals surface area (Å²) in [5.41, 5.74) is 0.112. The van der Waals surface area contributed by atoms with Crippen molar-refractivity contribution in [3.8, 4) is 0 Å². The Kier molecular flexibility index (Phi) is 5.55. The predicted octanol–water partition coefficient (Wildman–Crippen LogP) is 2.86. The third-order valence-electron chi connectivity index (χ3n) is 2.64. The number of halogens is 2. The molecule has 1 atom stereocenters. The number of aliphatic hydroxyl groups excluding tert-OH is 1. The first-order valence-corrected chi connectivity index (χ1v) is 6.39. The zero-order valence-electron chi connectivity index (χ0n) is 9.91. The predicted molar refractivity (Wildman–Crippen MR) is 70.5 cm³/mol. The minimum atomic E-state index is -1.19. The van der Waals surface area contributed by atoms with Crippen molar-refractivity contribution in [2.45, 2.75) is 25.8 Å². The second-order valence-electron chi connectivity index (χ2n) is 3.86. The van der Waals surface area contributed by atoms with E-state index in [2.05, 4.69) is 21.2 Å². The van der Waals surface area contributed by atoms with Gasteiger partial charge in [-0.05, 0) is 40.9 Å². The van der Waals surface area contributed by atoms with Gasteiger partial charge in [-0.1, -0.05) is 6.92 Å². The molecule has 18 heavy (non-hydrogen) atoms. The Bertz CT molecular complexity index is 440. The molecule has 1 rings (SSSR count).